The molecule has 0 aromatic carbocycles. The van der Waals surface area contributed by atoms with E-state index < -0.39 is 0 Å². The minimum Gasteiger partial charge on any atom is -0.0654 e. The van der Waals surface area contributed by atoms with Crippen molar-refractivity contribution in [1.82, 2.24) is 0 Å². The molecule has 1 atom stereocenters. The summed E-state index contributed by atoms with van der Waals surface area (Å²) in [5.74, 6) is 1.02. The van der Waals surface area contributed by atoms with Crippen LogP contribution in [0.1, 0.15) is 123 Å². The van der Waals surface area contributed by atoms with E-state index in [1.807, 2.05) is 0 Å². The van der Waals surface area contributed by atoms with Crippen LogP contribution in [0.4, 0.5) is 0 Å². The fraction of sp³-hybridized carbons (Fsp3) is 0.952. The normalized spacial score (nSPS) is 12.7. The van der Waals surface area contributed by atoms with E-state index in [1.165, 1.54) is 103 Å². The Labute approximate surface area is 136 Å². The average molecular weight is 296 g/mol. The van der Waals surface area contributed by atoms with Gasteiger partial charge in [-0.25, -0.2) is 0 Å². The Morgan fingerprint density at radius 1 is 0.524 bits per heavy atom. The highest BCUT2D eigenvalue weighted by Crippen LogP contribution is 2.23. The Hall–Kier alpha value is 0. The van der Waals surface area contributed by atoms with E-state index in [2.05, 4.69) is 20.8 Å². The van der Waals surface area contributed by atoms with Crippen LogP contribution in [0.15, 0.2) is 0 Å². The van der Waals surface area contributed by atoms with Crippen LogP contribution < -0.4 is 0 Å². The van der Waals surface area contributed by atoms with Crippen molar-refractivity contribution in [1.29, 1.82) is 0 Å². The van der Waals surface area contributed by atoms with Crippen molar-refractivity contribution < 1.29 is 0 Å². The van der Waals surface area contributed by atoms with Gasteiger partial charge >= 0.3 is 0 Å². The number of hydrogen-bond donors (Lipinski definition) is 0. The van der Waals surface area contributed by atoms with Crippen molar-refractivity contribution in [2.75, 3.05) is 0 Å². The average Bonchev–Trinajstić information content (AvgIpc) is 2.50. The van der Waals surface area contributed by atoms with Crippen molar-refractivity contribution in [3.63, 3.8) is 0 Å². The molecule has 127 valence electrons. The molecular weight excluding hydrogens is 252 g/mol. The van der Waals surface area contributed by atoms with Crippen LogP contribution in [0, 0.1) is 12.8 Å². The molecule has 0 bridgehead atoms. The van der Waals surface area contributed by atoms with Crippen molar-refractivity contribution >= 4 is 0 Å². The van der Waals surface area contributed by atoms with Gasteiger partial charge in [-0.15, -0.1) is 0 Å². The second-order valence-electron chi connectivity index (χ2n) is 6.97. The van der Waals surface area contributed by atoms with Crippen molar-refractivity contribution in [3.05, 3.63) is 6.92 Å². The monoisotopic (exact) mass is 295 g/mol. The van der Waals surface area contributed by atoms with Gasteiger partial charge in [-0.1, -0.05) is 130 Å². The van der Waals surface area contributed by atoms with Gasteiger partial charge < -0.3 is 0 Å². The molecule has 0 spiro atoms. The summed E-state index contributed by atoms with van der Waals surface area (Å²) in [4.78, 5) is 0. The van der Waals surface area contributed by atoms with Crippen LogP contribution in [0.25, 0.3) is 0 Å². The maximum Gasteiger partial charge on any atom is -0.0414 e. The third kappa shape index (κ3) is 16.2. The van der Waals surface area contributed by atoms with E-state index >= 15 is 0 Å². The molecule has 0 heteroatoms. The molecule has 0 aliphatic rings. The first-order valence-electron chi connectivity index (χ1n) is 10.1. The van der Waals surface area contributed by atoms with Gasteiger partial charge in [0.25, 0.3) is 0 Å². The second-order valence-corrected chi connectivity index (χ2v) is 6.97. The zero-order valence-corrected chi connectivity index (χ0v) is 15.3. The highest BCUT2D eigenvalue weighted by molar-refractivity contribution is 4.61. The summed E-state index contributed by atoms with van der Waals surface area (Å²) in [5, 5.41) is 0. The molecule has 0 aliphatic heterocycles. The maximum absolute atomic E-state index is 3.95. The Kier molecular flexibility index (Phi) is 18.1. The van der Waals surface area contributed by atoms with Crippen molar-refractivity contribution in [3.8, 4) is 0 Å². The molecule has 0 heterocycles. The van der Waals surface area contributed by atoms with Crippen molar-refractivity contribution in [2.45, 2.75) is 123 Å². The molecule has 0 amide bonds. The largest absolute Gasteiger partial charge is 0.0654 e. The van der Waals surface area contributed by atoms with Crippen LogP contribution in [0.2, 0.25) is 0 Å². The van der Waals surface area contributed by atoms with Crippen molar-refractivity contribution in [2.24, 2.45) is 5.92 Å². The lowest BCUT2D eigenvalue weighted by Gasteiger charge is -2.16. The Morgan fingerprint density at radius 2 is 0.952 bits per heavy atom. The van der Waals surface area contributed by atoms with Crippen LogP contribution in [-0.4, -0.2) is 0 Å². The first-order valence-corrected chi connectivity index (χ1v) is 10.1. The minimum atomic E-state index is 1.02. The summed E-state index contributed by atoms with van der Waals surface area (Å²) in [7, 11) is 0. The smallest absolute Gasteiger partial charge is 0.0414 e. The van der Waals surface area contributed by atoms with Gasteiger partial charge in [0.15, 0.2) is 0 Å². The predicted molar refractivity (Wildman–Crippen MR) is 98.7 cm³/mol. The van der Waals surface area contributed by atoms with Gasteiger partial charge in [-0.3, -0.25) is 0 Å². The zero-order chi connectivity index (χ0) is 15.6. The van der Waals surface area contributed by atoms with Gasteiger partial charge in [-0.2, -0.15) is 0 Å². The van der Waals surface area contributed by atoms with E-state index in [4.69, 9.17) is 0 Å². The van der Waals surface area contributed by atoms with E-state index in [-0.39, 0.29) is 0 Å². The summed E-state index contributed by atoms with van der Waals surface area (Å²) < 4.78 is 0. The molecule has 0 fully saturated rings. The van der Waals surface area contributed by atoms with Crippen LogP contribution >= 0.6 is 0 Å². The Bertz CT molecular complexity index is 173. The maximum atomic E-state index is 3.95. The quantitative estimate of drug-likeness (QED) is 0.238. The number of rotatable bonds is 17. The summed E-state index contributed by atoms with van der Waals surface area (Å²) in [6.45, 7) is 8.58. The predicted octanol–water partition coefficient (Wildman–Crippen LogP) is 8.11. The van der Waals surface area contributed by atoms with Gasteiger partial charge in [0.1, 0.15) is 0 Å². The Morgan fingerprint density at radius 3 is 1.48 bits per heavy atom. The summed E-state index contributed by atoms with van der Waals surface area (Å²) in [5.41, 5.74) is 0. The minimum absolute atomic E-state index is 1.02. The van der Waals surface area contributed by atoms with Gasteiger partial charge in [0.2, 0.25) is 0 Å². The van der Waals surface area contributed by atoms with Crippen LogP contribution in [0.5, 0.6) is 0 Å². The highest BCUT2D eigenvalue weighted by Gasteiger charge is 2.07. The SMILES string of the molecule is [CH2]CCCCCC(CCCC)CCCCCCCCCC. The highest BCUT2D eigenvalue weighted by atomic mass is 14.1. The molecule has 21 heavy (non-hydrogen) atoms. The number of hydrogen-bond acceptors (Lipinski definition) is 0. The summed E-state index contributed by atoms with van der Waals surface area (Å²) in [6, 6.07) is 0. The molecule has 0 N–H and O–H groups in total. The second kappa shape index (κ2) is 18.1. The lowest BCUT2D eigenvalue weighted by Crippen LogP contribution is -2.01. The van der Waals surface area contributed by atoms with Gasteiger partial charge in [0.05, 0.1) is 0 Å². The fourth-order valence-corrected chi connectivity index (χ4v) is 3.28. The lowest BCUT2D eigenvalue weighted by molar-refractivity contribution is 0.372. The first kappa shape index (κ1) is 21.0. The van der Waals surface area contributed by atoms with Gasteiger partial charge in [0, 0.05) is 0 Å². The molecule has 0 nitrogen and oxygen atoms in total. The third-order valence-electron chi connectivity index (χ3n) is 4.79. The third-order valence-corrected chi connectivity index (χ3v) is 4.79. The zero-order valence-electron chi connectivity index (χ0n) is 15.3. The summed E-state index contributed by atoms with van der Waals surface area (Å²) in [6.07, 6.45) is 24.2. The molecule has 0 aromatic rings. The molecule has 1 radical (unpaired) electrons. The molecule has 0 rings (SSSR count). The number of unbranched alkanes of at least 4 members (excludes halogenated alkanes) is 11. The molecule has 0 saturated carbocycles. The van der Waals surface area contributed by atoms with E-state index in [9.17, 15) is 0 Å². The van der Waals surface area contributed by atoms with Crippen LogP contribution in [0.3, 0.4) is 0 Å². The molecular formula is C21H43. The molecule has 0 aromatic heterocycles. The van der Waals surface area contributed by atoms with E-state index in [0.717, 1.165) is 12.3 Å². The topological polar surface area (TPSA) is 0 Å². The first-order chi connectivity index (χ1) is 10.3. The standard InChI is InChI=1S/C21H43/c1-4-7-10-12-13-14-15-17-20-21(18-9-6-3)19-16-11-8-5-2/h21H,2,4-20H2,1,3H3. The van der Waals surface area contributed by atoms with Crippen LogP contribution in [-0.2, 0) is 0 Å². The molecule has 0 saturated heterocycles. The van der Waals surface area contributed by atoms with E-state index in [0.29, 0.717) is 0 Å². The Balaban J connectivity index is 3.51. The molecule has 1 unspecified atom stereocenters. The van der Waals surface area contributed by atoms with E-state index in [1.54, 1.807) is 0 Å². The fourth-order valence-electron chi connectivity index (χ4n) is 3.28. The lowest BCUT2D eigenvalue weighted by atomic mass is 9.90. The summed E-state index contributed by atoms with van der Waals surface area (Å²) >= 11 is 0. The van der Waals surface area contributed by atoms with Gasteiger partial charge in [-0.05, 0) is 5.92 Å². The molecule has 0 aliphatic carbocycles.